The maximum absolute atomic E-state index is 12.4. The predicted octanol–water partition coefficient (Wildman–Crippen LogP) is 3.60. The molecule has 0 fully saturated rings. The molecule has 1 amide bonds. The molecule has 25 heavy (non-hydrogen) atoms. The van der Waals surface area contributed by atoms with Crippen LogP contribution in [-0.4, -0.2) is 26.1 Å². The number of ether oxygens (including phenoxy) is 3. The van der Waals surface area contributed by atoms with Crippen molar-refractivity contribution in [2.45, 2.75) is 12.5 Å². The van der Waals surface area contributed by atoms with E-state index < -0.39 is 12.1 Å². The van der Waals surface area contributed by atoms with Gasteiger partial charge in [-0.15, -0.1) is 0 Å². The number of carbonyl (C=O) groups excluding carboxylic acids is 2. The smallest absolute Gasteiger partial charge is 0.339 e. The number of esters is 1. The summed E-state index contributed by atoms with van der Waals surface area (Å²) in [6.07, 6.45) is -0.611. The Balaban J connectivity index is 1.77. The first-order chi connectivity index (χ1) is 12.0. The molecule has 2 aromatic carbocycles. The lowest BCUT2D eigenvalue weighted by Gasteiger charge is -2.15. The van der Waals surface area contributed by atoms with Crippen LogP contribution in [0.4, 0.5) is 5.69 Å². The van der Waals surface area contributed by atoms with Gasteiger partial charge in [-0.05, 0) is 6.07 Å². The van der Waals surface area contributed by atoms with Crippen LogP contribution in [-0.2, 0) is 9.53 Å². The lowest BCUT2D eigenvalue weighted by Crippen LogP contribution is -2.16. The second kappa shape index (κ2) is 7.03. The van der Waals surface area contributed by atoms with Gasteiger partial charge in [0.2, 0.25) is 5.91 Å². The Kier molecular flexibility index (Phi) is 4.81. The summed E-state index contributed by atoms with van der Waals surface area (Å²) in [5.41, 5.74) is 1.63. The Hall–Kier alpha value is -2.73. The van der Waals surface area contributed by atoms with Crippen LogP contribution < -0.4 is 14.8 Å². The number of anilines is 1. The highest BCUT2D eigenvalue weighted by atomic mass is 35.5. The molecule has 0 aliphatic carbocycles. The van der Waals surface area contributed by atoms with Gasteiger partial charge in [-0.2, -0.15) is 0 Å². The predicted molar refractivity (Wildman–Crippen MR) is 92.4 cm³/mol. The fourth-order valence-corrected chi connectivity index (χ4v) is 2.93. The van der Waals surface area contributed by atoms with E-state index in [4.69, 9.17) is 25.8 Å². The van der Waals surface area contributed by atoms with Crippen LogP contribution >= 0.6 is 11.6 Å². The maximum Gasteiger partial charge on any atom is 0.339 e. The highest BCUT2D eigenvalue weighted by Crippen LogP contribution is 2.37. The molecule has 2 aromatic rings. The summed E-state index contributed by atoms with van der Waals surface area (Å²) in [4.78, 5) is 24.2. The van der Waals surface area contributed by atoms with Gasteiger partial charge in [-0.25, -0.2) is 4.79 Å². The fraction of sp³-hybridized carbons (Fsp3) is 0.222. The van der Waals surface area contributed by atoms with Crippen LogP contribution in [0.3, 0.4) is 0 Å². The van der Waals surface area contributed by atoms with Gasteiger partial charge < -0.3 is 19.5 Å². The van der Waals surface area contributed by atoms with E-state index in [0.717, 1.165) is 0 Å². The Morgan fingerprint density at radius 3 is 2.64 bits per heavy atom. The SMILES string of the molecule is COc1cc(NC(=O)C[C@H]2OC(=O)c3ccccc32)c(OC)cc1Cl. The average Bonchev–Trinajstić information content (AvgIpc) is 2.92. The molecule has 0 spiro atoms. The summed E-state index contributed by atoms with van der Waals surface area (Å²) >= 11 is 6.05. The van der Waals surface area contributed by atoms with E-state index in [2.05, 4.69) is 5.32 Å². The van der Waals surface area contributed by atoms with Crippen LogP contribution in [0.15, 0.2) is 36.4 Å². The molecule has 1 atom stereocenters. The number of hydrogen-bond donors (Lipinski definition) is 1. The zero-order chi connectivity index (χ0) is 18.0. The number of nitrogens with one attached hydrogen (secondary N) is 1. The minimum absolute atomic E-state index is 0.00313. The standard InChI is InChI=1S/C18H16ClNO5/c1-23-15-8-13(16(24-2)7-12(15)19)20-17(21)9-14-10-5-3-4-6-11(10)18(22)25-14/h3-8,14H,9H2,1-2H3,(H,20,21)/t14-/m1/s1. The van der Waals surface area contributed by atoms with Gasteiger partial charge in [0.05, 0.1) is 36.9 Å². The van der Waals surface area contributed by atoms with Crippen molar-refractivity contribution >= 4 is 29.2 Å². The lowest BCUT2D eigenvalue weighted by molar-refractivity contribution is -0.118. The first-order valence-corrected chi connectivity index (χ1v) is 7.92. The zero-order valence-electron chi connectivity index (χ0n) is 13.7. The molecule has 0 radical (unpaired) electrons. The van der Waals surface area contributed by atoms with Crippen molar-refractivity contribution < 1.29 is 23.8 Å². The summed E-state index contributed by atoms with van der Waals surface area (Å²) in [7, 11) is 2.96. The summed E-state index contributed by atoms with van der Waals surface area (Å²) in [6.45, 7) is 0. The Morgan fingerprint density at radius 2 is 1.92 bits per heavy atom. The van der Waals surface area contributed by atoms with Crippen molar-refractivity contribution in [1.29, 1.82) is 0 Å². The van der Waals surface area contributed by atoms with Gasteiger partial charge in [0.25, 0.3) is 0 Å². The third-order valence-corrected chi connectivity index (χ3v) is 4.19. The molecule has 1 aliphatic heterocycles. The molecule has 0 saturated carbocycles. The summed E-state index contributed by atoms with van der Waals surface area (Å²) < 4.78 is 15.7. The molecule has 0 saturated heterocycles. The topological polar surface area (TPSA) is 73.9 Å². The van der Waals surface area contributed by atoms with Gasteiger partial charge in [-0.1, -0.05) is 29.8 Å². The second-order valence-electron chi connectivity index (χ2n) is 5.42. The van der Waals surface area contributed by atoms with Crippen LogP contribution in [0.2, 0.25) is 5.02 Å². The zero-order valence-corrected chi connectivity index (χ0v) is 14.4. The first kappa shape index (κ1) is 17.1. The molecule has 0 bridgehead atoms. The van der Waals surface area contributed by atoms with E-state index in [1.54, 1.807) is 36.4 Å². The third kappa shape index (κ3) is 3.39. The molecule has 6 nitrogen and oxygen atoms in total. The van der Waals surface area contributed by atoms with E-state index in [1.807, 2.05) is 0 Å². The fourth-order valence-electron chi connectivity index (χ4n) is 2.70. The van der Waals surface area contributed by atoms with Gasteiger partial charge in [0.1, 0.15) is 17.6 Å². The number of rotatable bonds is 5. The largest absolute Gasteiger partial charge is 0.495 e. The average molecular weight is 362 g/mol. The Labute approximate surface area is 149 Å². The van der Waals surface area contributed by atoms with E-state index in [0.29, 0.717) is 33.3 Å². The van der Waals surface area contributed by atoms with Gasteiger partial charge in [0, 0.05) is 17.7 Å². The van der Waals surface area contributed by atoms with E-state index in [9.17, 15) is 9.59 Å². The molecule has 3 rings (SSSR count). The van der Waals surface area contributed by atoms with Gasteiger partial charge >= 0.3 is 5.97 Å². The molecular weight excluding hydrogens is 346 g/mol. The molecule has 1 aliphatic rings. The van der Waals surface area contributed by atoms with Crippen LogP contribution in [0.25, 0.3) is 0 Å². The minimum atomic E-state index is -0.608. The number of halogens is 1. The van der Waals surface area contributed by atoms with E-state index in [-0.39, 0.29) is 12.3 Å². The summed E-state index contributed by atoms with van der Waals surface area (Å²) in [5, 5.41) is 3.11. The number of fused-ring (bicyclic) bond motifs is 1. The molecule has 7 heteroatoms. The van der Waals surface area contributed by atoms with Crippen LogP contribution in [0.5, 0.6) is 11.5 Å². The van der Waals surface area contributed by atoms with Gasteiger partial charge in [0.15, 0.2) is 0 Å². The number of hydrogen-bond acceptors (Lipinski definition) is 5. The normalized spacial score (nSPS) is 15.3. The molecular formula is C18H16ClNO5. The maximum atomic E-state index is 12.4. The Bertz CT molecular complexity index is 836. The monoisotopic (exact) mass is 361 g/mol. The molecule has 0 unspecified atom stereocenters. The molecule has 0 aromatic heterocycles. The lowest BCUT2D eigenvalue weighted by atomic mass is 10.0. The molecule has 1 heterocycles. The summed E-state index contributed by atoms with van der Waals surface area (Å²) in [5.74, 6) is 0.0784. The van der Waals surface area contributed by atoms with Crippen molar-refractivity contribution in [3.63, 3.8) is 0 Å². The Morgan fingerprint density at radius 1 is 1.20 bits per heavy atom. The van der Waals surface area contributed by atoms with Crippen molar-refractivity contribution in [1.82, 2.24) is 0 Å². The minimum Gasteiger partial charge on any atom is -0.495 e. The van der Waals surface area contributed by atoms with Crippen molar-refractivity contribution in [2.75, 3.05) is 19.5 Å². The van der Waals surface area contributed by atoms with Crippen LogP contribution in [0.1, 0.15) is 28.4 Å². The van der Waals surface area contributed by atoms with Crippen LogP contribution in [0, 0.1) is 0 Å². The van der Waals surface area contributed by atoms with Crippen molar-refractivity contribution in [3.05, 3.63) is 52.5 Å². The highest BCUT2D eigenvalue weighted by Gasteiger charge is 2.32. The first-order valence-electron chi connectivity index (χ1n) is 7.54. The number of amides is 1. The van der Waals surface area contributed by atoms with E-state index >= 15 is 0 Å². The van der Waals surface area contributed by atoms with Crippen molar-refractivity contribution in [3.8, 4) is 11.5 Å². The summed E-state index contributed by atoms with van der Waals surface area (Å²) in [6, 6.07) is 10.2. The second-order valence-corrected chi connectivity index (χ2v) is 5.83. The quantitative estimate of drug-likeness (QED) is 0.824. The van der Waals surface area contributed by atoms with Gasteiger partial charge in [-0.3, -0.25) is 4.79 Å². The third-order valence-electron chi connectivity index (χ3n) is 3.90. The number of carbonyl (C=O) groups is 2. The molecule has 1 N–H and O–H groups in total. The van der Waals surface area contributed by atoms with E-state index in [1.165, 1.54) is 14.2 Å². The number of cyclic esters (lactones) is 1. The molecule has 130 valence electrons. The number of benzene rings is 2. The number of methoxy groups -OCH3 is 2. The highest BCUT2D eigenvalue weighted by molar-refractivity contribution is 6.32. The van der Waals surface area contributed by atoms with Crippen molar-refractivity contribution in [2.24, 2.45) is 0 Å².